The van der Waals surface area contributed by atoms with Gasteiger partial charge in [0.25, 0.3) is 0 Å². The third-order valence-electron chi connectivity index (χ3n) is 3.15. The topological polar surface area (TPSA) is 52.0 Å². The number of fused-ring (bicyclic) bond motifs is 1. The van der Waals surface area contributed by atoms with Crippen molar-refractivity contribution in [1.82, 2.24) is 20.3 Å². The van der Waals surface area contributed by atoms with Gasteiger partial charge in [-0.25, -0.2) is 4.68 Å². The Kier molecular flexibility index (Phi) is 2.42. The van der Waals surface area contributed by atoms with Crippen molar-refractivity contribution in [2.24, 2.45) is 0 Å². The zero-order valence-electron chi connectivity index (χ0n) is 8.78. The van der Waals surface area contributed by atoms with E-state index >= 15 is 0 Å². The summed E-state index contributed by atoms with van der Waals surface area (Å²) < 4.78 is 7.65. The molecule has 1 unspecified atom stereocenters. The Morgan fingerprint density at radius 1 is 1.53 bits per heavy atom. The highest BCUT2D eigenvalue weighted by molar-refractivity contribution is 5.13. The maximum absolute atomic E-state index is 5.61. The van der Waals surface area contributed by atoms with Gasteiger partial charge in [-0.1, -0.05) is 5.21 Å². The smallest absolute Gasteiger partial charge is 0.0997 e. The third-order valence-corrected chi connectivity index (χ3v) is 3.15. The lowest BCUT2D eigenvalue weighted by molar-refractivity contribution is 0.0926. The van der Waals surface area contributed by atoms with E-state index in [0.717, 1.165) is 44.8 Å². The van der Waals surface area contributed by atoms with Crippen LogP contribution in [-0.4, -0.2) is 34.2 Å². The number of nitrogens with zero attached hydrogens (tertiary/aromatic N) is 3. The van der Waals surface area contributed by atoms with Crippen LogP contribution in [0.25, 0.3) is 0 Å². The van der Waals surface area contributed by atoms with Crippen LogP contribution in [0.4, 0.5) is 0 Å². The number of rotatable bonds is 2. The molecule has 5 nitrogen and oxygen atoms in total. The standard InChI is InChI=1S/C10H16N4O/c1-2-8(15-5-1)7-14-10-3-4-11-6-9(10)12-13-14/h8,11H,1-7H2. The molecule has 0 aromatic carbocycles. The lowest BCUT2D eigenvalue weighted by Crippen LogP contribution is -2.26. The van der Waals surface area contributed by atoms with Crippen molar-refractivity contribution in [2.45, 2.75) is 38.5 Å². The van der Waals surface area contributed by atoms with E-state index in [1.165, 1.54) is 12.1 Å². The normalized spacial score (nSPS) is 25.5. The maximum Gasteiger partial charge on any atom is 0.0997 e. The van der Waals surface area contributed by atoms with Gasteiger partial charge < -0.3 is 10.1 Å². The number of nitrogens with one attached hydrogen (secondary N) is 1. The molecule has 15 heavy (non-hydrogen) atoms. The van der Waals surface area contributed by atoms with Gasteiger partial charge in [0.1, 0.15) is 0 Å². The average molecular weight is 208 g/mol. The van der Waals surface area contributed by atoms with Crippen LogP contribution in [0, 0.1) is 0 Å². The Bertz CT molecular complexity index is 343. The van der Waals surface area contributed by atoms with Gasteiger partial charge in [-0.15, -0.1) is 5.10 Å². The molecule has 0 bridgehead atoms. The van der Waals surface area contributed by atoms with E-state index < -0.39 is 0 Å². The molecular weight excluding hydrogens is 192 g/mol. The molecule has 2 aliphatic heterocycles. The number of aromatic nitrogens is 3. The maximum atomic E-state index is 5.61. The molecule has 3 rings (SSSR count). The van der Waals surface area contributed by atoms with Crippen molar-refractivity contribution in [3.63, 3.8) is 0 Å². The summed E-state index contributed by atoms with van der Waals surface area (Å²) in [6, 6.07) is 0. The van der Waals surface area contributed by atoms with Crippen LogP contribution in [0.15, 0.2) is 0 Å². The van der Waals surface area contributed by atoms with Gasteiger partial charge in [0.15, 0.2) is 0 Å². The van der Waals surface area contributed by atoms with E-state index in [-0.39, 0.29) is 0 Å². The predicted octanol–water partition coefficient (Wildman–Crippen LogP) is 0.103. The van der Waals surface area contributed by atoms with Crippen LogP contribution in [0.3, 0.4) is 0 Å². The summed E-state index contributed by atoms with van der Waals surface area (Å²) in [4.78, 5) is 0. The molecule has 0 radical (unpaired) electrons. The van der Waals surface area contributed by atoms with Gasteiger partial charge in [-0.3, -0.25) is 0 Å². The van der Waals surface area contributed by atoms with Gasteiger partial charge in [0.2, 0.25) is 0 Å². The fraction of sp³-hybridized carbons (Fsp3) is 0.800. The van der Waals surface area contributed by atoms with E-state index in [1.54, 1.807) is 0 Å². The summed E-state index contributed by atoms with van der Waals surface area (Å²) in [7, 11) is 0. The van der Waals surface area contributed by atoms with Crippen LogP contribution in [0.2, 0.25) is 0 Å². The largest absolute Gasteiger partial charge is 0.376 e. The molecule has 82 valence electrons. The average Bonchev–Trinajstić information content (AvgIpc) is 2.89. The molecule has 1 fully saturated rings. The summed E-state index contributed by atoms with van der Waals surface area (Å²) in [5.41, 5.74) is 2.41. The lowest BCUT2D eigenvalue weighted by atomic mass is 10.1. The molecular formula is C10H16N4O. The number of ether oxygens (including phenoxy) is 1. The second kappa shape index (κ2) is 3.90. The highest BCUT2D eigenvalue weighted by atomic mass is 16.5. The van der Waals surface area contributed by atoms with Crippen LogP contribution < -0.4 is 5.32 Å². The van der Waals surface area contributed by atoms with E-state index in [1.807, 2.05) is 4.68 Å². The fourth-order valence-corrected chi connectivity index (χ4v) is 2.32. The first-order valence-corrected chi connectivity index (χ1v) is 5.67. The van der Waals surface area contributed by atoms with E-state index in [4.69, 9.17) is 4.74 Å². The molecule has 1 aromatic rings. The molecule has 0 spiro atoms. The van der Waals surface area contributed by atoms with Gasteiger partial charge >= 0.3 is 0 Å². The predicted molar refractivity (Wildman–Crippen MR) is 54.4 cm³/mol. The molecule has 0 aliphatic carbocycles. The van der Waals surface area contributed by atoms with Crippen LogP contribution in [0.1, 0.15) is 24.2 Å². The SMILES string of the molecule is C1COC(Cn2nnc3c2CCNC3)C1. The quantitative estimate of drug-likeness (QED) is 0.749. The minimum absolute atomic E-state index is 0.352. The highest BCUT2D eigenvalue weighted by Gasteiger charge is 2.21. The molecule has 1 N–H and O–H groups in total. The van der Waals surface area contributed by atoms with Gasteiger partial charge in [0, 0.05) is 26.1 Å². The molecule has 5 heteroatoms. The first kappa shape index (κ1) is 9.30. The number of hydrogen-bond acceptors (Lipinski definition) is 4. The number of hydrogen-bond donors (Lipinski definition) is 1. The van der Waals surface area contributed by atoms with Gasteiger partial charge in [0.05, 0.1) is 24.0 Å². The first-order chi connectivity index (χ1) is 7.43. The van der Waals surface area contributed by atoms with Crippen LogP contribution in [0.5, 0.6) is 0 Å². The summed E-state index contributed by atoms with van der Waals surface area (Å²) >= 11 is 0. The summed E-state index contributed by atoms with van der Waals surface area (Å²) in [5.74, 6) is 0. The summed E-state index contributed by atoms with van der Waals surface area (Å²) in [6.07, 6.45) is 3.73. The molecule has 0 saturated carbocycles. The van der Waals surface area contributed by atoms with Crippen LogP contribution >= 0.6 is 0 Å². The molecule has 1 aromatic heterocycles. The zero-order chi connectivity index (χ0) is 10.1. The monoisotopic (exact) mass is 208 g/mol. The third kappa shape index (κ3) is 1.77. The molecule has 3 heterocycles. The Hall–Kier alpha value is -0.940. The minimum atomic E-state index is 0.352. The molecule has 2 aliphatic rings. The van der Waals surface area contributed by atoms with E-state index in [2.05, 4.69) is 15.6 Å². The fourth-order valence-electron chi connectivity index (χ4n) is 2.32. The first-order valence-electron chi connectivity index (χ1n) is 5.67. The molecule has 0 amide bonds. The van der Waals surface area contributed by atoms with Crippen molar-refractivity contribution >= 4 is 0 Å². The second-order valence-corrected chi connectivity index (χ2v) is 4.23. The van der Waals surface area contributed by atoms with Gasteiger partial charge in [-0.05, 0) is 12.8 Å². The summed E-state index contributed by atoms with van der Waals surface area (Å²) in [5, 5.41) is 11.7. The van der Waals surface area contributed by atoms with Crippen molar-refractivity contribution in [3.8, 4) is 0 Å². The van der Waals surface area contributed by atoms with E-state index in [9.17, 15) is 0 Å². The second-order valence-electron chi connectivity index (χ2n) is 4.23. The van der Waals surface area contributed by atoms with Crippen molar-refractivity contribution < 1.29 is 4.74 Å². The van der Waals surface area contributed by atoms with Crippen LogP contribution in [-0.2, 0) is 24.2 Å². The van der Waals surface area contributed by atoms with Crippen molar-refractivity contribution in [1.29, 1.82) is 0 Å². The highest BCUT2D eigenvalue weighted by Crippen LogP contribution is 2.16. The van der Waals surface area contributed by atoms with Crippen molar-refractivity contribution in [2.75, 3.05) is 13.2 Å². The Morgan fingerprint density at radius 3 is 3.40 bits per heavy atom. The lowest BCUT2D eigenvalue weighted by Gasteiger charge is -2.15. The molecule has 1 saturated heterocycles. The zero-order valence-corrected chi connectivity index (χ0v) is 8.78. The van der Waals surface area contributed by atoms with E-state index in [0.29, 0.717) is 6.10 Å². The van der Waals surface area contributed by atoms with Gasteiger partial charge in [-0.2, -0.15) is 0 Å². The summed E-state index contributed by atoms with van der Waals surface area (Å²) in [6.45, 7) is 3.68. The van der Waals surface area contributed by atoms with Crippen molar-refractivity contribution in [3.05, 3.63) is 11.4 Å². The Balaban J connectivity index is 1.76. The molecule has 1 atom stereocenters. The minimum Gasteiger partial charge on any atom is -0.376 e. The Morgan fingerprint density at radius 2 is 2.53 bits per heavy atom. The Labute approximate surface area is 88.8 Å².